The molecular weight excluding hydrogens is 219 g/mol. The van der Waals surface area contributed by atoms with E-state index in [1.165, 1.54) is 0 Å². The summed E-state index contributed by atoms with van der Waals surface area (Å²) >= 11 is 0. The summed E-state index contributed by atoms with van der Waals surface area (Å²) in [6.07, 6.45) is 4.95. The molecule has 1 N–H and O–H groups in total. The first-order valence-electron chi connectivity index (χ1n) is 5.58. The van der Waals surface area contributed by atoms with Crippen LogP contribution in [0.3, 0.4) is 0 Å². The van der Waals surface area contributed by atoms with Crippen LogP contribution in [0.5, 0.6) is 0 Å². The van der Waals surface area contributed by atoms with Gasteiger partial charge in [-0.1, -0.05) is 6.92 Å². The van der Waals surface area contributed by atoms with E-state index in [2.05, 4.69) is 15.3 Å². The van der Waals surface area contributed by atoms with Crippen LogP contribution in [0.4, 0.5) is 4.39 Å². The Morgan fingerprint density at radius 3 is 2.82 bits per heavy atom. The maximum atomic E-state index is 14.2. The average Bonchev–Trinajstić information content (AvgIpc) is 2.74. The second-order valence-corrected chi connectivity index (χ2v) is 3.73. The van der Waals surface area contributed by atoms with Crippen LogP contribution >= 0.6 is 0 Å². The lowest BCUT2D eigenvalue weighted by Gasteiger charge is -2.09. The third-order valence-electron chi connectivity index (χ3n) is 2.57. The number of imidazole rings is 1. The molecule has 2 aromatic heterocycles. The summed E-state index contributed by atoms with van der Waals surface area (Å²) in [7, 11) is 0. The Bertz CT molecular complexity index is 507. The van der Waals surface area contributed by atoms with E-state index in [1.54, 1.807) is 29.2 Å². The van der Waals surface area contributed by atoms with E-state index in [4.69, 9.17) is 0 Å². The number of aromatic nitrogens is 3. The molecule has 5 heteroatoms. The van der Waals surface area contributed by atoms with Crippen molar-refractivity contribution in [2.75, 3.05) is 6.54 Å². The van der Waals surface area contributed by atoms with Gasteiger partial charge in [-0.25, -0.2) is 14.4 Å². The Hall–Kier alpha value is -1.75. The van der Waals surface area contributed by atoms with Crippen LogP contribution in [-0.4, -0.2) is 21.1 Å². The lowest BCUT2D eigenvalue weighted by Crippen LogP contribution is -2.14. The molecule has 0 aromatic carbocycles. The van der Waals surface area contributed by atoms with Gasteiger partial charge in [0.2, 0.25) is 0 Å². The standard InChI is InChI=1S/C12H15FN4/c1-3-14-8-10-4-5-16-12(11(10)13)17-7-6-15-9(17)2/h4-7,14H,3,8H2,1-2H3. The molecule has 4 nitrogen and oxygen atoms in total. The van der Waals surface area contributed by atoms with Crippen LogP contribution in [0.15, 0.2) is 24.7 Å². The van der Waals surface area contributed by atoms with Crippen molar-refractivity contribution in [2.45, 2.75) is 20.4 Å². The van der Waals surface area contributed by atoms with Gasteiger partial charge in [-0.15, -0.1) is 0 Å². The number of nitrogens with one attached hydrogen (secondary N) is 1. The number of hydrogen-bond donors (Lipinski definition) is 1. The molecule has 0 amide bonds. The van der Waals surface area contributed by atoms with Crippen LogP contribution in [0.2, 0.25) is 0 Å². The monoisotopic (exact) mass is 234 g/mol. The highest BCUT2D eigenvalue weighted by Gasteiger charge is 2.12. The van der Waals surface area contributed by atoms with Crippen molar-refractivity contribution in [1.29, 1.82) is 0 Å². The predicted molar refractivity (Wildman–Crippen MR) is 63.4 cm³/mol. The van der Waals surface area contributed by atoms with Gasteiger partial charge in [0.25, 0.3) is 0 Å². The summed E-state index contributed by atoms with van der Waals surface area (Å²) in [6.45, 7) is 5.12. The van der Waals surface area contributed by atoms with Crippen molar-refractivity contribution < 1.29 is 4.39 Å². The lowest BCUT2D eigenvalue weighted by atomic mass is 10.2. The minimum atomic E-state index is -0.297. The average molecular weight is 234 g/mol. The van der Waals surface area contributed by atoms with Gasteiger partial charge in [-0.3, -0.25) is 4.57 Å². The summed E-state index contributed by atoms with van der Waals surface area (Å²) in [5, 5.41) is 3.10. The summed E-state index contributed by atoms with van der Waals surface area (Å²) < 4.78 is 15.8. The molecule has 2 rings (SSSR count). The van der Waals surface area contributed by atoms with Gasteiger partial charge in [0, 0.05) is 30.7 Å². The molecule has 2 heterocycles. The largest absolute Gasteiger partial charge is 0.313 e. The van der Waals surface area contributed by atoms with Crippen molar-refractivity contribution in [1.82, 2.24) is 19.9 Å². The summed E-state index contributed by atoms with van der Waals surface area (Å²) in [4.78, 5) is 8.14. The number of hydrogen-bond acceptors (Lipinski definition) is 3. The van der Waals surface area contributed by atoms with Gasteiger partial charge in [0.05, 0.1) is 0 Å². The molecule has 0 unspecified atom stereocenters. The summed E-state index contributed by atoms with van der Waals surface area (Å²) in [5.41, 5.74) is 0.616. The Kier molecular flexibility index (Phi) is 3.49. The zero-order valence-corrected chi connectivity index (χ0v) is 9.94. The van der Waals surface area contributed by atoms with E-state index in [0.29, 0.717) is 17.9 Å². The van der Waals surface area contributed by atoms with E-state index >= 15 is 0 Å². The molecule has 0 saturated carbocycles. The Morgan fingerprint density at radius 2 is 2.18 bits per heavy atom. The van der Waals surface area contributed by atoms with Crippen LogP contribution in [-0.2, 0) is 6.54 Å². The normalized spacial score (nSPS) is 10.8. The van der Waals surface area contributed by atoms with E-state index in [1.807, 2.05) is 13.8 Å². The SMILES string of the molecule is CCNCc1ccnc(-n2ccnc2C)c1F. The molecule has 0 aliphatic carbocycles. The molecule has 0 spiro atoms. The Morgan fingerprint density at radius 1 is 1.35 bits per heavy atom. The molecule has 0 bridgehead atoms. The molecule has 0 radical (unpaired) electrons. The third kappa shape index (κ3) is 2.34. The molecule has 0 aliphatic rings. The van der Waals surface area contributed by atoms with Gasteiger partial charge in [-0.05, 0) is 19.5 Å². The fourth-order valence-corrected chi connectivity index (χ4v) is 1.64. The van der Waals surface area contributed by atoms with E-state index < -0.39 is 0 Å². The smallest absolute Gasteiger partial charge is 0.174 e. The molecule has 17 heavy (non-hydrogen) atoms. The zero-order chi connectivity index (χ0) is 12.3. The molecule has 0 aliphatic heterocycles. The molecule has 0 saturated heterocycles. The number of aryl methyl sites for hydroxylation is 1. The van der Waals surface area contributed by atoms with E-state index in [-0.39, 0.29) is 5.82 Å². The first kappa shape index (κ1) is 11.7. The Labute approximate surface area is 99.5 Å². The van der Waals surface area contributed by atoms with Gasteiger partial charge in [0.1, 0.15) is 5.82 Å². The minimum absolute atomic E-state index is 0.297. The van der Waals surface area contributed by atoms with Crippen molar-refractivity contribution in [3.63, 3.8) is 0 Å². The van der Waals surface area contributed by atoms with Crippen molar-refractivity contribution >= 4 is 0 Å². The fraction of sp³-hybridized carbons (Fsp3) is 0.333. The first-order chi connectivity index (χ1) is 8.24. The highest BCUT2D eigenvalue weighted by atomic mass is 19.1. The predicted octanol–water partition coefficient (Wildman–Crippen LogP) is 1.82. The quantitative estimate of drug-likeness (QED) is 0.877. The van der Waals surface area contributed by atoms with Gasteiger partial charge < -0.3 is 5.32 Å². The van der Waals surface area contributed by atoms with Crippen LogP contribution in [0.25, 0.3) is 5.82 Å². The number of halogens is 1. The molecule has 0 fully saturated rings. The maximum absolute atomic E-state index is 14.2. The van der Waals surface area contributed by atoms with Crippen molar-refractivity contribution in [3.05, 3.63) is 41.9 Å². The summed E-state index contributed by atoms with van der Waals surface area (Å²) in [5.74, 6) is 0.724. The topological polar surface area (TPSA) is 42.7 Å². The van der Waals surface area contributed by atoms with Gasteiger partial charge >= 0.3 is 0 Å². The minimum Gasteiger partial charge on any atom is -0.313 e. The highest BCUT2D eigenvalue weighted by molar-refractivity contribution is 5.31. The number of rotatable bonds is 4. The molecule has 0 atom stereocenters. The van der Waals surface area contributed by atoms with Crippen molar-refractivity contribution in [3.8, 4) is 5.82 Å². The van der Waals surface area contributed by atoms with Crippen LogP contribution in [0, 0.1) is 12.7 Å². The second-order valence-electron chi connectivity index (χ2n) is 3.73. The summed E-state index contributed by atoms with van der Waals surface area (Å²) in [6, 6.07) is 1.69. The maximum Gasteiger partial charge on any atom is 0.174 e. The lowest BCUT2D eigenvalue weighted by molar-refractivity contribution is 0.576. The van der Waals surface area contributed by atoms with Gasteiger partial charge in [-0.2, -0.15) is 0 Å². The molecular formula is C12H15FN4. The highest BCUT2D eigenvalue weighted by Crippen LogP contribution is 2.15. The zero-order valence-electron chi connectivity index (χ0n) is 9.94. The molecule has 90 valence electrons. The van der Waals surface area contributed by atoms with E-state index in [0.717, 1.165) is 12.4 Å². The van der Waals surface area contributed by atoms with Gasteiger partial charge in [0.15, 0.2) is 11.6 Å². The first-order valence-corrected chi connectivity index (χ1v) is 5.58. The molecule has 2 aromatic rings. The van der Waals surface area contributed by atoms with E-state index in [9.17, 15) is 4.39 Å². The number of pyridine rings is 1. The fourth-order valence-electron chi connectivity index (χ4n) is 1.64. The Balaban J connectivity index is 2.39. The van der Waals surface area contributed by atoms with Crippen LogP contribution < -0.4 is 5.32 Å². The second kappa shape index (κ2) is 5.05. The third-order valence-corrected chi connectivity index (χ3v) is 2.57. The number of nitrogens with zero attached hydrogens (tertiary/aromatic N) is 3. The van der Waals surface area contributed by atoms with Crippen molar-refractivity contribution in [2.24, 2.45) is 0 Å². The van der Waals surface area contributed by atoms with Crippen LogP contribution in [0.1, 0.15) is 18.3 Å².